The van der Waals surface area contributed by atoms with Crippen molar-refractivity contribution in [1.82, 2.24) is 0 Å². The van der Waals surface area contributed by atoms with Crippen LogP contribution in [0.2, 0.25) is 0 Å². The summed E-state index contributed by atoms with van der Waals surface area (Å²) in [6.45, 7) is 0. The minimum atomic E-state index is -0.460. The molecule has 0 unspecified atom stereocenters. The number of benzene rings is 2. The number of rotatable bonds is 3. The first-order chi connectivity index (χ1) is 7.75. The molecule has 0 saturated carbocycles. The maximum Gasteiger partial charge on any atom is 0.248 e. The number of hydrogen-bond acceptors (Lipinski definition) is 2. The largest absolute Gasteiger partial charge is 0.457 e. The lowest BCUT2D eigenvalue weighted by Crippen LogP contribution is -2.10. The van der Waals surface area contributed by atoms with Crippen molar-refractivity contribution in [2.45, 2.75) is 0 Å². The number of carbonyl (C=O) groups excluding carboxylic acids is 1. The molecule has 0 saturated heterocycles. The van der Waals surface area contributed by atoms with Crippen LogP contribution in [0, 0.1) is 0 Å². The molecule has 16 heavy (non-hydrogen) atoms. The fraction of sp³-hybridized carbons (Fsp3) is 0. The van der Waals surface area contributed by atoms with Crippen molar-refractivity contribution >= 4 is 5.91 Å². The molecule has 0 atom stereocenters. The summed E-state index contributed by atoms with van der Waals surface area (Å²) >= 11 is 0. The first kappa shape index (κ1) is 10.2. The smallest absolute Gasteiger partial charge is 0.248 e. The van der Waals surface area contributed by atoms with E-state index >= 15 is 0 Å². The summed E-state index contributed by atoms with van der Waals surface area (Å²) in [6.07, 6.45) is 0. The van der Waals surface area contributed by atoms with Gasteiger partial charge in [-0.25, -0.2) is 0 Å². The summed E-state index contributed by atoms with van der Waals surface area (Å²) in [5, 5.41) is 0. The molecule has 0 aliphatic rings. The molecule has 0 aliphatic heterocycles. The second-order valence-corrected chi connectivity index (χ2v) is 3.31. The molecule has 2 N–H and O–H groups in total. The molecule has 0 fully saturated rings. The molecule has 0 aromatic heterocycles. The van der Waals surface area contributed by atoms with E-state index in [2.05, 4.69) is 0 Å². The van der Waals surface area contributed by atoms with Crippen molar-refractivity contribution in [3.8, 4) is 11.5 Å². The van der Waals surface area contributed by atoms with Crippen LogP contribution in [0.3, 0.4) is 0 Å². The molecule has 0 heterocycles. The van der Waals surface area contributed by atoms with Crippen molar-refractivity contribution in [3.05, 3.63) is 60.2 Å². The number of carbonyl (C=O) groups is 1. The number of hydrogen-bond donors (Lipinski definition) is 1. The molecule has 3 nitrogen and oxygen atoms in total. The molecule has 0 aliphatic carbocycles. The minimum Gasteiger partial charge on any atom is -0.457 e. The number of primary amides is 1. The molecule has 82 valence electrons. The number of ether oxygens (including phenoxy) is 1. The number of nitrogens with two attached hydrogens (primary N) is 1. The summed E-state index contributed by atoms with van der Waals surface area (Å²) in [4.78, 5) is 11.0. The maximum absolute atomic E-state index is 11.0. The lowest BCUT2D eigenvalue weighted by atomic mass is 10.2. The van der Waals surface area contributed by atoms with Crippen LogP contribution in [-0.2, 0) is 0 Å². The average Bonchev–Trinajstić information content (AvgIpc) is 2.30. The van der Waals surface area contributed by atoms with Crippen LogP contribution < -0.4 is 10.5 Å². The van der Waals surface area contributed by atoms with Gasteiger partial charge in [-0.15, -0.1) is 0 Å². The number of para-hydroxylation sites is 1. The Balaban J connectivity index is 0.00000144. The van der Waals surface area contributed by atoms with E-state index in [4.69, 9.17) is 10.5 Å². The van der Waals surface area contributed by atoms with E-state index < -0.39 is 5.91 Å². The van der Waals surface area contributed by atoms with Crippen molar-refractivity contribution in [2.75, 3.05) is 0 Å². The van der Waals surface area contributed by atoms with Gasteiger partial charge in [-0.1, -0.05) is 24.3 Å². The van der Waals surface area contributed by atoms with E-state index in [1.165, 1.54) is 0 Å². The normalized spacial score (nSPS) is 9.75. The summed E-state index contributed by atoms with van der Waals surface area (Å²) in [5.41, 5.74) is 5.62. The second-order valence-electron chi connectivity index (χ2n) is 3.31. The molecular weight excluding hydrogens is 202 g/mol. The van der Waals surface area contributed by atoms with Crippen molar-refractivity contribution in [3.63, 3.8) is 0 Å². The van der Waals surface area contributed by atoms with Crippen LogP contribution in [0.25, 0.3) is 0 Å². The molecule has 2 aromatic carbocycles. The van der Waals surface area contributed by atoms with Gasteiger partial charge in [0.2, 0.25) is 5.91 Å². The van der Waals surface area contributed by atoms with Crippen molar-refractivity contribution in [1.29, 1.82) is 0 Å². The van der Waals surface area contributed by atoms with Crippen LogP contribution >= 0.6 is 0 Å². The Morgan fingerprint density at radius 3 is 2.38 bits per heavy atom. The predicted octanol–water partition coefficient (Wildman–Crippen LogP) is 2.82. The van der Waals surface area contributed by atoms with Crippen molar-refractivity contribution in [2.24, 2.45) is 5.73 Å². The summed E-state index contributed by atoms with van der Waals surface area (Å²) in [5.74, 6) is 0.866. The van der Waals surface area contributed by atoms with Gasteiger partial charge >= 0.3 is 0 Å². The standard InChI is InChI=1S/C13H11NO2.H2/c14-13(15)10-5-4-8-12(9-10)16-11-6-2-1-3-7-11;/h1-9H,(H2,14,15);1H. The van der Waals surface area contributed by atoms with E-state index in [1.54, 1.807) is 24.3 Å². The first-order valence-corrected chi connectivity index (χ1v) is 4.88. The highest BCUT2D eigenvalue weighted by Gasteiger charge is 2.02. The fourth-order valence-corrected chi connectivity index (χ4v) is 1.34. The van der Waals surface area contributed by atoms with Gasteiger partial charge in [-0.2, -0.15) is 0 Å². The minimum absolute atomic E-state index is 0. The van der Waals surface area contributed by atoms with E-state index in [-0.39, 0.29) is 1.43 Å². The molecule has 2 rings (SSSR count). The maximum atomic E-state index is 11.0. The Hall–Kier alpha value is -2.29. The van der Waals surface area contributed by atoms with Gasteiger partial charge in [0.25, 0.3) is 0 Å². The van der Waals surface area contributed by atoms with Crippen LogP contribution in [0.5, 0.6) is 11.5 Å². The van der Waals surface area contributed by atoms with Gasteiger partial charge < -0.3 is 10.5 Å². The second kappa shape index (κ2) is 4.49. The number of amides is 1. The van der Waals surface area contributed by atoms with Crippen LogP contribution in [0.1, 0.15) is 11.8 Å². The molecule has 1 amide bonds. The third-order valence-electron chi connectivity index (χ3n) is 2.10. The van der Waals surface area contributed by atoms with Gasteiger partial charge in [0.1, 0.15) is 11.5 Å². The Kier molecular flexibility index (Phi) is 2.87. The highest BCUT2D eigenvalue weighted by molar-refractivity contribution is 5.93. The molecule has 2 aromatic rings. The van der Waals surface area contributed by atoms with E-state index in [0.717, 1.165) is 5.75 Å². The third kappa shape index (κ3) is 2.39. The summed E-state index contributed by atoms with van der Waals surface area (Å²) < 4.78 is 5.56. The monoisotopic (exact) mass is 215 g/mol. The van der Waals surface area contributed by atoms with Gasteiger partial charge in [0.05, 0.1) is 0 Å². The van der Waals surface area contributed by atoms with Crippen LogP contribution in [0.4, 0.5) is 0 Å². The zero-order chi connectivity index (χ0) is 11.4. The zero-order valence-corrected chi connectivity index (χ0v) is 8.59. The lowest BCUT2D eigenvalue weighted by molar-refractivity contribution is 0.1000. The molecule has 0 bridgehead atoms. The lowest BCUT2D eigenvalue weighted by Gasteiger charge is -2.05. The zero-order valence-electron chi connectivity index (χ0n) is 8.59. The molecule has 3 heteroatoms. The molecular formula is C13H13NO2. The quantitative estimate of drug-likeness (QED) is 0.855. The fourth-order valence-electron chi connectivity index (χ4n) is 1.34. The molecule has 0 radical (unpaired) electrons. The van der Waals surface area contributed by atoms with Gasteiger partial charge in [0, 0.05) is 6.99 Å². The highest BCUT2D eigenvalue weighted by Crippen LogP contribution is 2.21. The highest BCUT2D eigenvalue weighted by atomic mass is 16.5. The van der Waals surface area contributed by atoms with Gasteiger partial charge in [-0.05, 0) is 30.3 Å². The van der Waals surface area contributed by atoms with Crippen molar-refractivity contribution < 1.29 is 11.0 Å². The molecule has 0 spiro atoms. The average molecular weight is 215 g/mol. The Labute approximate surface area is 95.0 Å². The third-order valence-corrected chi connectivity index (χ3v) is 2.10. The Morgan fingerprint density at radius 2 is 1.69 bits per heavy atom. The topological polar surface area (TPSA) is 52.3 Å². The Bertz CT molecular complexity index is 500. The summed E-state index contributed by atoms with van der Waals surface area (Å²) in [7, 11) is 0. The van der Waals surface area contributed by atoms with Gasteiger partial charge in [0.15, 0.2) is 0 Å². The van der Waals surface area contributed by atoms with Crippen LogP contribution in [-0.4, -0.2) is 5.91 Å². The Morgan fingerprint density at radius 1 is 1.00 bits per heavy atom. The first-order valence-electron chi connectivity index (χ1n) is 4.88. The van der Waals surface area contributed by atoms with Crippen LogP contribution in [0.15, 0.2) is 54.6 Å². The van der Waals surface area contributed by atoms with E-state index in [1.807, 2.05) is 30.3 Å². The SMILES string of the molecule is NC(=O)c1cccc(Oc2ccccc2)c1.[HH]. The van der Waals surface area contributed by atoms with Gasteiger partial charge in [-0.3, -0.25) is 4.79 Å². The van der Waals surface area contributed by atoms with E-state index in [0.29, 0.717) is 11.3 Å². The summed E-state index contributed by atoms with van der Waals surface area (Å²) in [6, 6.07) is 16.1. The van der Waals surface area contributed by atoms with E-state index in [9.17, 15) is 4.79 Å². The predicted molar refractivity (Wildman–Crippen MR) is 63.6 cm³/mol.